The molecule has 0 unspecified atom stereocenters. The van der Waals surface area contributed by atoms with Gasteiger partial charge in [-0.15, -0.1) is 0 Å². The normalized spacial score (nSPS) is 14.3. The highest BCUT2D eigenvalue weighted by Gasteiger charge is 2.20. The molecule has 1 fully saturated rings. The van der Waals surface area contributed by atoms with Crippen LogP contribution in [0.15, 0.2) is 24.5 Å². The van der Waals surface area contributed by atoms with E-state index in [-0.39, 0.29) is 5.91 Å². The molecule has 0 atom stereocenters. The Bertz CT molecular complexity index is 996. The Labute approximate surface area is 162 Å². The van der Waals surface area contributed by atoms with E-state index in [2.05, 4.69) is 25.3 Å². The number of hydrogen-bond donors (Lipinski definition) is 2. The number of nitrogens with zero attached hydrogens (tertiary/aromatic N) is 4. The first-order chi connectivity index (χ1) is 13.7. The molecule has 1 aliphatic rings. The largest absolute Gasteiger partial charge is 0.495 e. The van der Waals surface area contributed by atoms with Crippen molar-refractivity contribution in [3.63, 3.8) is 0 Å². The second kappa shape index (κ2) is 7.81. The van der Waals surface area contributed by atoms with Gasteiger partial charge < -0.3 is 24.7 Å². The molecule has 0 spiro atoms. The maximum atomic E-state index is 12.7. The molecule has 1 aliphatic heterocycles. The fourth-order valence-electron chi connectivity index (χ4n) is 3.20. The number of aromatic nitrogens is 4. The Hall–Kier alpha value is -3.20. The fourth-order valence-corrected chi connectivity index (χ4v) is 3.20. The number of rotatable bonds is 5. The molecule has 3 aromatic rings. The number of carbonyl (C=O) groups excluding carboxylic acids is 1. The van der Waals surface area contributed by atoms with Crippen molar-refractivity contribution >= 4 is 28.7 Å². The van der Waals surface area contributed by atoms with Gasteiger partial charge in [-0.05, 0) is 24.6 Å². The number of fused-ring (bicyclic) bond motifs is 1. The summed E-state index contributed by atoms with van der Waals surface area (Å²) in [4.78, 5) is 30.8. The third kappa shape index (κ3) is 3.48. The van der Waals surface area contributed by atoms with Crippen molar-refractivity contribution in [2.45, 2.75) is 13.3 Å². The number of nitrogens with one attached hydrogen (secondary N) is 2. The molecule has 1 amide bonds. The number of carbonyl (C=O) groups is 1. The molecule has 0 radical (unpaired) electrons. The molecule has 1 aromatic carbocycles. The molecule has 4 rings (SSSR count). The lowest BCUT2D eigenvalue weighted by Gasteiger charge is -2.27. The van der Waals surface area contributed by atoms with Crippen molar-refractivity contribution in [2.24, 2.45) is 0 Å². The van der Waals surface area contributed by atoms with E-state index in [9.17, 15) is 4.79 Å². The summed E-state index contributed by atoms with van der Waals surface area (Å²) < 4.78 is 10.8. The van der Waals surface area contributed by atoms with Gasteiger partial charge in [-0.3, -0.25) is 4.79 Å². The monoisotopic (exact) mass is 382 g/mol. The van der Waals surface area contributed by atoms with Crippen molar-refractivity contribution in [1.29, 1.82) is 0 Å². The molecule has 9 nitrogen and oxygen atoms in total. The maximum absolute atomic E-state index is 12.7. The highest BCUT2D eigenvalue weighted by Crippen LogP contribution is 2.29. The molecule has 146 valence electrons. The topological polar surface area (TPSA) is 105 Å². The summed E-state index contributed by atoms with van der Waals surface area (Å²) in [6.07, 6.45) is 2.36. The van der Waals surface area contributed by atoms with E-state index in [1.165, 1.54) is 0 Å². The Morgan fingerprint density at radius 2 is 2.14 bits per heavy atom. The predicted octanol–water partition coefficient (Wildman–Crippen LogP) is 2.14. The molecule has 0 aliphatic carbocycles. The number of morpholine rings is 1. The third-order valence-electron chi connectivity index (χ3n) is 4.69. The quantitative estimate of drug-likeness (QED) is 0.696. The number of H-pyrrole nitrogens is 1. The summed E-state index contributed by atoms with van der Waals surface area (Å²) in [5, 5.41) is 3.18. The lowest BCUT2D eigenvalue weighted by molar-refractivity contribution is 0.0302. The lowest BCUT2D eigenvalue weighted by atomic mass is 10.1. The van der Waals surface area contributed by atoms with Crippen LogP contribution in [0, 0.1) is 0 Å². The van der Waals surface area contributed by atoms with Crippen molar-refractivity contribution in [1.82, 2.24) is 24.8 Å². The summed E-state index contributed by atoms with van der Waals surface area (Å²) in [5.41, 5.74) is 3.57. The number of benzene rings is 1. The predicted molar refractivity (Wildman–Crippen MR) is 104 cm³/mol. The van der Waals surface area contributed by atoms with Gasteiger partial charge in [0.1, 0.15) is 11.3 Å². The Morgan fingerprint density at radius 1 is 1.32 bits per heavy atom. The van der Waals surface area contributed by atoms with Crippen LogP contribution >= 0.6 is 0 Å². The lowest BCUT2D eigenvalue weighted by Crippen LogP contribution is -2.40. The van der Waals surface area contributed by atoms with E-state index in [4.69, 9.17) is 9.47 Å². The van der Waals surface area contributed by atoms with Gasteiger partial charge in [0.2, 0.25) is 5.95 Å². The second-order valence-corrected chi connectivity index (χ2v) is 6.39. The van der Waals surface area contributed by atoms with Gasteiger partial charge >= 0.3 is 0 Å². The van der Waals surface area contributed by atoms with Gasteiger partial charge in [0.05, 0.1) is 38.0 Å². The van der Waals surface area contributed by atoms with Crippen LogP contribution in [0.2, 0.25) is 0 Å². The summed E-state index contributed by atoms with van der Waals surface area (Å²) in [5.74, 6) is 0.945. The van der Waals surface area contributed by atoms with Crippen molar-refractivity contribution in [2.75, 3.05) is 38.7 Å². The van der Waals surface area contributed by atoms with E-state index in [1.807, 2.05) is 6.92 Å². The first kappa shape index (κ1) is 18.2. The van der Waals surface area contributed by atoms with Gasteiger partial charge in [-0.1, -0.05) is 6.92 Å². The number of aromatic amines is 1. The number of methoxy groups -OCH3 is 1. The zero-order valence-corrected chi connectivity index (χ0v) is 15.9. The molecule has 0 saturated carbocycles. The summed E-state index contributed by atoms with van der Waals surface area (Å²) >= 11 is 0. The van der Waals surface area contributed by atoms with Gasteiger partial charge in [0, 0.05) is 18.7 Å². The highest BCUT2D eigenvalue weighted by molar-refractivity contribution is 5.95. The number of hydrogen-bond acceptors (Lipinski definition) is 7. The average Bonchev–Trinajstić information content (AvgIpc) is 3.22. The van der Waals surface area contributed by atoms with Crippen LogP contribution < -0.4 is 10.1 Å². The van der Waals surface area contributed by atoms with Crippen LogP contribution in [0.25, 0.3) is 11.2 Å². The third-order valence-corrected chi connectivity index (χ3v) is 4.69. The van der Waals surface area contributed by atoms with Crippen LogP contribution in [0.1, 0.15) is 23.0 Å². The van der Waals surface area contributed by atoms with Crippen LogP contribution in [0.5, 0.6) is 5.75 Å². The summed E-state index contributed by atoms with van der Waals surface area (Å²) in [6, 6.07) is 5.31. The minimum absolute atomic E-state index is 0.0318. The SMILES string of the molecule is CCc1nc(Nc2ccc(C(=O)N3CCOCC3)cc2OC)nc2nc[nH]c12. The van der Waals surface area contributed by atoms with Crippen molar-refractivity contribution in [3.05, 3.63) is 35.8 Å². The van der Waals surface area contributed by atoms with Crippen LogP contribution in [-0.2, 0) is 11.2 Å². The minimum Gasteiger partial charge on any atom is -0.495 e. The van der Waals surface area contributed by atoms with Gasteiger partial charge in [0.25, 0.3) is 5.91 Å². The minimum atomic E-state index is -0.0318. The molecule has 28 heavy (non-hydrogen) atoms. The van der Waals surface area contributed by atoms with Crippen molar-refractivity contribution in [3.8, 4) is 5.75 Å². The van der Waals surface area contributed by atoms with Gasteiger partial charge in [-0.25, -0.2) is 9.97 Å². The molecular formula is C19H22N6O3. The van der Waals surface area contributed by atoms with Crippen LogP contribution in [-0.4, -0.2) is 64.2 Å². The molecular weight excluding hydrogens is 360 g/mol. The molecule has 0 bridgehead atoms. The molecule has 2 aromatic heterocycles. The molecule has 1 saturated heterocycles. The Morgan fingerprint density at radius 3 is 2.89 bits per heavy atom. The van der Waals surface area contributed by atoms with E-state index in [0.717, 1.165) is 17.6 Å². The van der Waals surface area contributed by atoms with Crippen LogP contribution in [0.4, 0.5) is 11.6 Å². The second-order valence-electron chi connectivity index (χ2n) is 6.39. The van der Waals surface area contributed by atoms with E-state index >= 15 is 0 Å². The zero-order chi connectivity index (χ0) is 19.5. The van der Waals surface area contributed by atoms with E-state index < -0.39 is 0 Å². The number of anilines is 2. The Balaban J connectivity index is 1.60. The number of ether oxygens (including phenoxy) is 2. The Kier molecular flexibility index (Phi) is 5.07. The first-order valence-electron chi connectivity index (χ1n) is 9.21. The smallest absolute Gasteiger partial charge is 0.254 e. The van der Waals surface area contributed by atoms with Gasteiger partial charge in [0.15, 0.2) is 5.65 Å². The average molecular weight is 382 g/mol. The van der Waals surface area contributed by atoms with Crippen molar-refractivity contribution < 1.29 is 14.3 Å². The molecule has 3 heterocycles. The zero-order valence-electron chi connectivity index (χ0n) is 15.9. The maximum Gasteiger partial charge on any atom is 0.254 e. The molecule has 9 heteroatoms. The number of amides is 1. The summed E-state index contributed by atoms with van der Waals surface area (Å²) in [6.45, 7) is 4.35. The van der Waals surface area contributed by atoms with E-state index in [0.29, 0.717) is 54.9 Å². The number of aryl methyl sites for hydroxylation is 1. The first-order valence-corrected chi connectivity index (χ1v) is 9.21. The summed E-state index contributed by atoms with van der Waals surface area (Å²) in [7, 11) is 1.57. The fraction of sp³-hybridized carbons (Fsp3) is 0.368. The van der Waals surface area contributed by atoms with Crippen LogP contribution in [0.3, 0.4) is 0 Å². The van der Waals surface area contributed by atoms with E-state index in [1.54, 1.807) is 36.5 Å². The van der Waals surface area contributed by atoms with Gasteiger partial charge in [-0.2, -0.15) is 4.98 Å². The number of imidazole rings is 1. The standard InChI is InChI=1S/C19H22N6O3/c1-3-13-16-17(21-11-20-16)24-19(22-13)23-14-5-4-12(10-15(14)27-2)18(26)25-6-8-28-9-7-25/h4-5,10-11H,3,6-9H2,1-2H3,(H2,20,21,22,23,24). The molecule has 2 N–H and O–H groups in total. The highest BCUT2D eigenvalue weighted by atomic mass is 16.5.